The van der Waals surface area contributed by atoms with Crippen molar-refractivity contribution < 1.29 is 9.15 Å². The fraction of sp³-hybridized carbons (Fsp3) is 0.308. The van der Waals surface area contributed by atoms with Crippen molar-refractivity contribution in [3.63, 3.8) is 0 Å². The van der Waals surface area contributed by atoms with Crippen molar-refractivity contribution in [3.8, 4) is 11.3 Å². The van der Waals surface area contributed by atoms with E-state index < -0.39 is 0 Å². The molecule has 0 radical (unpaired) electrons. The zero-order valence-corrected chi connectivity index (χ0v) is 12.8. The van der Waals surface area contributed by atoms with E-state index in [1.54, 1.807) is 7.11 Å². The van der Waals surface area contributed by atoms with Gasteiger partial charge in [-0.25, -0.2) is 4.98 Å². The normalized spacial score (nSPS) is 10.9. The van der Waals surface area contributed by atoms with Crippen molar-refractivity contribution in [1.82, 2.24) is 10.3 Å². The zero-order chi connectivity index (χ0) is 13.7. The molecule has 2 aromatic rings. The Morgan fingerprint density at radius 3 is 3.11 bits per heavy atom. The molecule has 2 rings (SSSR count). The van der Waals surface area contributed by atoms with E-state index in [9.17, 15) is 0 Å². The third-order valence-corrected chi connectivity index (χ3v) is 3.91. The molecule has 0 spiro atoms. The molecule has 4 nitrogen and oxygen atoms in total. The smallest absolute Gasteiger partial charge is 0.181 e. The fourth-order valence-electron chi connectivity index (χ4n) is 1.67. The highest BCUT2D eigenvalue weighted by Crippen LogP contribution is 2.35. The predicted molar refractivity (Wildman–Crippen MR) is 78.2 cm³/mol. The first-order valence-corrected chi connectivity index (χ1v) is 6.97. The van der Waals surface area contributed by atoms with E-state index in [4.69, 9.17) is 20.8 Å². The fourth-order valence-corrected chi connectivity index (χ4v) is 2.25. The molecule has 0 amide bonds. The van der Waals surface area contributed by atoms with Gasteiger partial charge in [0.25, 0.3) is 0 Å². The molecule has 0 bridgehead atoms. The van der Waals surface area contributed by atoms with Crippen molar-refractivity contribution in [3.05, 3.63) is 39.8 Å². The van der Waals surface area contributed by atoms with Crippen LogP contribution < -0.4 is 5.32 Å². The Morgan fingerprint density at radius 1 is 1.47 bits per heavy atom. The largest absolute Gasteiger partial charge is 0.443 e. The molecular formula is C13H14BrClN2O2. The van der Waals surface area contributed by atoms with Gasteiger partial charge in [-0.3, -0.25) is 0 Å². The molecule has 1 aromatic carbocycles. The minimum absolute atomic E-state index is 0.609. The second-order valence-electron chi connectivity index (χ2n) is 3.90. The molecular weight excluding hydrogens is 332 g/mol. The molecule has 0 fully saturated rings. The molecule has 0 saturated heterocycles. The number of ether oxygens (including phenoxy) is 1. The number of rotatable bonds is 6. The number of nitrogens with one attached hydrogen (secondary N) is 1. The first-order valence-electron chi connectivity index (χ1n) is 5.80. The molecule has 0 saturated carbocycles. The quantitative estimate of drug-likeness (QED) is 0.814. The van der Waals surface area contributed by atoms with Crippen LogP contribution in [0.3, 0.4) is 0 Å². The van der Waals surface area contributed by atoms with Gasteiger partial charge in [0, 0.05) is 30.2 Å². The molecule has 19 heavy (non-hydrogen) atoms. The van der Waals surface area contributed by atoms with Gasteiger partial charge in [-0.15, -0.1) is 0 Å². The Morgan fingerprint density at radius 2 is 2.32 bits per heavy atom. The SMILES string of the molecule is COCCNCc1ncoc1-c1cccc(Br)c1Cl. The number of oxazole rings is 1. The van der Waals surface area contributed by atoms with Crippen LogP contribution >= 0.6 is 27.5 Å². The molecule has 102 valence electrons. The van der Waals surface area contributed by atoms with Gasteiger partial charge in [-0.2, -0.15) is 0 Å². The molecule has 0 aliphatic heterocycles. The van der Waals surface area contributed by atoms with Gasteiger partial charge in [-0.05, 0) is 28.1 Å². The lowest BCUT2D eigenvalue weighted by Crippen LogP contribution is -2.19. The van der Waals surface area contributed by atoms with E-state index in [2.05, 4.69) is 26.2 Å². The molecule has 1 N–H and O–H groups in total. The van der Waals surface area contributed by atoms with Crippen LogP contribution in [0.15, 0.2) is 33.5 Å². The first-order chi connectivity index (χ1) is 9.24. The Labute approximate surface area is 125 Å². The van der Waals surface area contributed by atoms with Crippen LogP contribution in [-0.4, -0.2) is 25.2 Å². The molecule has 0 aliphatic rings. The number of nitrogens with zero attached hydrogens (tertiary/aromatic N) is 1. The highest BCUT2D eigenvalue weighted by Gasteiger charge is 2.14. The molecule has 0 aliphatic carbocycles. The van der Waals surface area contributed by atoms with Crippen molar-refractivity contribution in [2.45, 2.75) is 6.54 Å². The van der Waals surface area contributed by atoms with Gasteiger partial charge in [-0.1, -0.05) is 17.7 Å². The molecule has 1 heterocycles. The van der Waals surface area contributed by atoms with E-state index in [0.29, 0.717) is 23.9 Å². The van der Waals surface area contributed by atoms with Gasteiger partial charge in [0.2, 0.25) is 0 Å². The predicted octanol–water partition coefficient (Wildman–Crippen LogP) is 3.49. The van der Waals surface area contributed by atoms with Crippen molar-refractivity contribution >= 4 is 27.5 Å². The van der Waals surface area contributed by atoms with E-state index >= 15 is 0 Å². The summed E-state index contributed by atoms with van der Waals surface area (Å²) < 4.78 is 11.3. The van der Waals surface area contributed by atoms with Crippen LogP contribution in [-0.2, 0) is 11.3 Å². The Kier molecular flexibility index (Phi) is 5.39. The monoisotopic (exact) mass is 344 g/mol. The Hall–Kier alpha value is -0.880. The summed E-state index contributed by atoms with van der Waals surface area (Å²) in [6.45, 7) is 2.03. The van der Waals surface area contributed by atoms with Crippen LogP contribution in [0.5, 0.6) is 0 Å². The molecule has 1 aromatic heterocycles. The zero-order valence-electron chi connectivity index (χ0n) is 10.5. The van der Waals surface area contributed by atoms with Gasteiger partial charge in [0.15, 0.2) is 12.2 Å². The summed E-state index contributed by atoms with van der Waals surface area (Å²) >= 11 is 9.67. The summed E-state index contributed by atoms with van der Waals surface area (Å²) in [5.74, 6) is 0.691. The number of methoxy groups -OCH3 is 1. The van der Waals surface area contributed by atoms with Crippen LogP contribution in [0.1, 0.15) is 5.69 Å². The van der Waals surface area contributed by atoms with E-state index in [1.807, 2.05) is 18.2 Å². The van der Waals surface area contributed by atoms with E-state index in [1.165, 1.54) is 6.39 Å². The number of hydrogen-bond acceptors (Lipinski definition) is 4. The summed E-state index contributed by atoms with van der Waals surface area (Å²) in [5, 5.41) is 3.85. The minimum Gasteiger partial charge on any atom is -0.443 e. The molecule has 6 heteroatoms. The summed E-state index contributed by atoms with van der Waals surface area (Å²) in [5.41, 5.74) is 1.66. The highest BCUT2D eigenvalue weighted by molar-refractivity contribution is 9.10. The number of halogens is 2. The van der Waals surface area contributed by atoms with Gasteiger partial charge in [0.1, 0.15) is 5.69 Å². The van der Waals surface area contributed by atoms with Crippen molar-refractivity contribution in [2.24, 2.45) is 0 Å². The standard InChI is InChI=1S/C13H14BrClN2O2/c1-18-6-5-16-7-11-13(19-8-17-11)9-3-2-4-10(14)12(9)15/h2-4,8,16H,5-7H2,1H3. The maximum atomic E-state index is 6.27. The first kappa shape index (κ1) is 14.5. The molecule has 0 unspecified atom stereocenters. The van der Waals surface area contributed by atoms with Crippen LogP contribution in [0.2, 0.25) is 5.02 Å². The summed E-state index contributed by atoms with van der Waals surface area (Å²) in [7, 11) is 1.67. The number of benzene rings is 1. The van der Waals surface area contributed by atoms with Crippen LogP contribution in [0.25, 0.3) is 11.3 Å². The Balaban J connectivity index is 2.17. The van der Waals surface area contributed by atoms with Crippen LogP contribution in [0.4, 0.5) is 0 Å². The lowest BCUT2D eigenvalue weighted by molar-refractivity contribution is 0.199. The highest BCUT2D eigenvalue weighted by atomic mass is 79.9. The third-order valence-electron chi connectivity index (χ3n) is 2.61. The second kappa shape index (κ2) is 7.05. The van der Waals surface area contributed by atoms with Crippen LogP contribution in [0, 0.1) is 0 Å². The summed E-state index contributed by atoms with van der Waals surface area (Å²) in [4.78, 5) is 4.22. The minimum atomic E-state index is 0.609. The van der Waals surface area contributed by atoms with Gasteiger partial charge < -0.3 is 14.5 Å². The third kappa shape index (κ3) is 3.57. The maximum absolute atomic E-state index is 6.27. The summed E-state index contributed by atoms with van der Waals surface area (Å²) in [6, 6.07) is 5.71. The maximum Gasteiger partial charge on any atom is 0.181 e. The van der Waals surface area contributed by atoms with Crippen molar-refractivity contribution in [1.29, 1.82) is 0 Å². The Bertz CT molecular complexity index is 545. The molecule has 0 atom stereocenters. The van der Waals surface area contributed by atoms with E-state index in [-0.39, 0.29) is 0 Å². The summed E-state index contributed by atoms with van der Waals surface area (Å²) in [6.07, 6.45) is 1.43. The van der Waals surface area contributed by atoms with E-state index in [0.717, 1.165) is 22.3 Å². The second-order valence-corrected chi connectivity index (χ2v) is 5.13. The number of hydrogen-bond donors (Lipinski definition) is 1. The average molecular weight is 346 g/mol. The lowest BCUT2D eigenvalue weighted by atomic mass is 10.1. The lowest BCUT2D eigenvalue weighted by Gasteiger charge is -2.06. The average Bonchev–Trinajstić information content (AvgIpc) is 2.86. The topological polar surface area (TPSA) is 47.3 Å². The van der Waals surface area contributed by atoms with Gasteiger partial charge >= 0.3 is 0 Å². The number of aromatic nitrogens is 1. The van der Waals surface area contributed by atoms with Crippen molar-refractivity contribution in [2.75, 3.05) is 20.3 Å². The van der Waals surface area contributed by atoms with Gasteiger partial charge in [0.05, 0.1) is 11.6 Å².